The standard InChI is InChI=1S/C14H26O5/c1-2-3-4-5-6-7-8-18-12-10-19-14(13(12)17)11(16)9-15/h3-4,11-17H,2,5-10H2,1H3/b4-3+/t11-,12+,13-,14-/m0/s1. The summed E-state index contributed by atoms with van der Waals surface area (Å²) in [7, 11) is 0. The lowest BCUT2D eigenvalue weighted by Gasteiger charge is -2.20. The average Bonchev–Trinajstić information content (AvgIpc) is 2.78. The third kappa shape index (κ3) is 5.58. The average molecular weight is 274 g/mol. The van der Waals surface area contributed by atoms with Gasteiger partial charge < -0.3 is 24.8 Å². The highest BCUT2D eigenvalue weighted by Gasteiger charge is 2.40. The fraction of sp³-hybridized carbons (Fsp3) is 0.857. The van der Waals surface area contributed by atoms with E-state index in [-0.39, 0.29) is 6.61 Å². The van der Waals surface area contributed by atoms with Crippen molar-refractivity contribution < 1.29 is 24.8 Å². The summed E-state index contributed by atoms with van der Waals surface area (Å²) in [5, 5.41) is 28.2. The highest BCUT2D eigenvalue weighted by atomic mass is 16.6. The molecule has 5 heteroatoms. The molecule has 19 heavy (non-hydrogen) atoms. The van der Waals surface area contributed by atoms with Crippen molar-refractivity contribution in [2.45, 2.75) is 57.0 Å². The zero-order valence-electron chi connectivity index (χ0n) is 11.6. The van der Waals surface area contributed by atoms with Crippen molar-refractivity contribution in [2.75, 3.05) is 19.8 Å². The van der Waals surface area contributed by atoms with E-state index in [2.05, 4.69) is 19.1 Å². The number of rotatable bonds is 9. The van der Waals surface area contributed by atoms with Crippen molar-refractivity contribution >= 4 is 0 Å². The minimum atomic E-state index is -1.05. The Kier molecular flexibility index (Phi) is 8.25. The molecule has 0 radical (unpaired) electrons. The summed E-state index contributed by atoms with van der Waals surface area (Å²) in [4.78, 5) is 0. The van der Waals surface area contributed by atoms with Gasteiger partial charge in [0.2, 0.25) is 0 Å². The van der Waals surface area contributed by atoms with Crippen LogP contribution in [-0.2, 0) is 9.47 Å². The van der Waals surface area contributed by atoms with Gasteiger partial charge in [0.15, 0.2) is 0 Å². The molecule has 0 spiro atoms. The van der Waals surface area contributed by atoms with E-state index in [1.165, 1.54) is 0 Å². The van der Waals surface area contributed by atoms with Gasteiger partial charge in [-0.3, -0.25) is 0 Å². The number of unbranched alkanes of at least 4 members (excludes halogenated alkanes) is 2. The summed E-state index contributed by atoms with van der Waals surface area (Å²) < 4.78 is 10.8. The van der Waals surface area contributed by atoms with E-state index in [0.29, 0.717) is 6.61 Å². The lowest BCUT2D eigenvalue weighted by molar-refractivity contribution is -0.0730. The number of hydrogen-bond acceptors (Lipinski definition) is 5. The minimum Gasteiger partial charge on any atom is -0.394 e. The maximum atomic E-state index is 9.89. The van der Waals surface area contributed by atoms with Crippen molar-refractivity contribution in [3.05, 3.63) is 12.2 Å². The molecule has 0 aromatic heterocycles. The highest BCUT2D eigenvalue weighted by molar-refractivity contribution is 4.88. The molecule has 0 aromatic carbocycles. The first-order valence-electron chi connectivity index (χ1n) is 7.05. The van der Waals surface area contributed by atoms with Crippen molar-refractivity contribution in [2.24, 2.45) is 0 Å². The largest absolute Gasteiger partial charge is 0.394 e. The Hall–Kier alpha value is -0.460. The van der Waals surface area contributed by atoms with Crippen LogP contribution in [-0.4, -0.2) is 59.6 Å². The van der Waals surface area contributed by atoms with Crippen LogP contribution in [0.15, 0.2) is 12.2 Å². The Morgan fingerprint density at radius 2 is 2.16 bits per heavy atom. The van der Waals surface area contributed by atoms with Crippen molar-refractivity contribution in [1.29, 1.82) is 0 Å². The van der Waals surface area contributed by atoms with E-state index in [1.807, 2.05) is 0 Å². The molecule has 5 nitrogen and oxygen atoms in total. The van der Waals surface area contributed by atoms with Crippen LogP contribution in [0.25, 0.3) is 0 Å². The van der Waals surface area contributed by atoms with Crippen LogP contribution in [0.3, 0.4) is 0 Å². The van der Waals surface area contributed by atoms with Gasteiger partial charge in [-0.2, -0.15) is 0 Å². The smallest absolute Gasteiger partial charge is 0.114 e. The second-order valence-corrected chi connectivity index (χ2v) is 4.82. The predicted molar refractivity (Wildman–Crippen MR) is 71.9 cm³/mol. The molecule has 1 heterocycles. The molecule has 1 saturated heterocycles. The minimum absolute atomic E-state index is 0.263. The fourth-order valence-electron chi connectivity index (χ4n) is 2.09. The quantitative estimate of drug-likeness (QED) is 0.424. The van der Waals surface area contributed by atoms with Gasteiger partial charge in [0.05, 0.1) is 13.2 Å². The normalized spacial score (nSPS) is 29.2. The van der Waals surface area contributed by atoms with Crippen molar-refractivity contribution in [3.63, 3.8) is 0 Å². The Labute approximate surface area is 114 Å². The molecule has 1 aliphatic heterocycles. The van der Waals surface area contributed by atoms with Gasteiger partial charge in [0.25, 0.3) is 0 Å². The summed E-state index contributed by atoms with van der Waals surface area (Å²) in [5.74, 6) is 0. The molecular formula is C14H26O5. The molecule has 1 aliphatic rings. The molecule has 1 fully saturated rings. The third-order valence-corrected chi connectivity index (χ3v) is 3.24. The number of allylic oxidation sites excluding steroid dienone is 2. The van der Waals surface area contributed by atoms with E-state index in [4.69, 9.17) is 14.6 Å². The zero-order valence-corrected chi connectivity index (χ0v) is 11.6. The Bertz CT molecular complexity index is 256. The van der Waals surface area contributed by atoms with Crippen molar-refractivity contribution in [1.82, 2.24) is 0 Å². The molecule has 1 rings (SSSR count). The van der Waals surface area contributed by atoms with Gasteiger partial charge >= 0.3 is 0 Å². The maximum Gasteiger partial charge on any atom is 0.114 e. The molecule has 0 unspecified atom stereocenters. The van der Waals surface area contributed by atoms with Gasteiger partial charge in [-0.1, -0.05) is 19.1 Å². The van der Waals surface area contributed by atoms with E-state index in [9.17, 15) is 10.2 Å². The lowest BCUT2D eigenvalue weighted by atomic mass is 10.1. The van der Waals surface area contributed by atoms with Gasteiger partial charge in [0.1, 0.15) is 24.4 Å². The number of hydrogen-bond donors (Lipinski definition) is 3. The predicted octanol–water partition coefficient (Wildman–Crippen LogP) is 0.621. The maximum absolute atomic E-state index is 9.89. The Morgan fingerprint density at radius 3 is 2.84 bits per heavy atom. The monoisotopic (exact) mass is 274 g/mol. The second kappa shape index (κ2) is 9.44. The summed E-state index contributed by atoms with van der Waals surface area (Å²) >= 11 is 0. The van der Waals surface area contributed by atoms with Crippen LogP contribution in [0.4, 0.5) is 0 Å². The first kappa shape index (κ1) is 16.6. The first-order chi connectivity index (χ1) is 9.20. The number of aliphatic hydroxyl groups excluding tert-OH is 3. The van der Waals surface area contributed by atoms with E-state index in [0.717, 1.165) is 25.7 Å². The van der Waals surface area contributed by atoms with E-state index < -0.39 is 31.0 Å². The van der Waals surface area contributed by atoms with Gasteiger partial charge in [-0.25, -0.2) is 0 Å². The van der Waals surface area contributed by atoms with Crippen LogP contribution in [0.1, 0.15) is 32.6 Å². The number of ether oxygens (including phenoxy) is 2. The zero-order chi connectivity index (χ0) is 14.1. The molecule has 0 bridgehead atoms. The second-order valence-electron chi connectivity index (χ2n) is 4.82. The van der Waals surface area contributed by atoms with Gasteiger partial charge in [-0.05, 0) is 25.7 Å². The van der Waals surface area contributed by atoms with Crippen LogP contribution in [0, 0.1) is 0 Å². The van der Waals surface area contributed by atoms with Crippen LogP contribution in [0.2, 0.25) is 0 Å². The number of aliphatic hydroxyl groups is 3. The molecule has 112 valence electrons. The van der Waals surface area contributed by atoms with Gasteiger partial charge in [-0.15, -0.1) is 0 Å². The van der Waals surface area contributed by atoms with E-state index >= 15 is 0 Å². The molecule has 3 N–H and O–H groups in total. The molecular weight excluding hydrogens is 248 g/mol. The van der Waals surface area contributed by atoms with Gasteiger partial charge in [0, 0.05) is 6.61 Å². The first-order valence-corrected chi connectivity index (χ1v) is 7.05. The molecule has 0 aliphatic carbocycles. The lowest BCUT2D eigenvalue weighted by Crippen LogP contribution is -2.41. The SMILES string of the molecule is CC/C=C/CCCCO[C@@H]1CO[C@@H]([C@@H](O)CO)[C@H]1O. The molecule has 0 saturated carbocycles. The van der Waals surface area contributed by atoms with Crippen LogP contribution < -0.4 is 0 Å². The Balaban J connectivity index is 2.12. The topological polar surface area (TPSA) is 79.2 Å². The summed E-state index contributed by atoms with van der Waals surface area (Å²) in [6.45, 7) is 2.53. The summed E-state index contributed by atoms with van der Waals surface area (Å²) in [6, 6.07) is 0. The molecule has 4 atom stereocenters. The fourth-order valence-corrected chi connectivity index (χ4v) is 2.09. The Morgan fingerprint density at radius 1 is 1.37 bits per heavy atom. The summed E-state index contributed by atoms with van der Waals surface area (Å²) in [5.41, 5.74) is 0. The van der Waals surface area contributed by atoms with E-state index in [1.54, 1.807) is 0 Å². The molecule has 0 aromatic rings. The highest BCUT2D eigenvalue weighted by Crippen LogP contribution is 2.20. The van der Waals surface area contributed by atoms with Crippen LogP contribution >= 0.6 is 0 Å². The summed E-state index contributed by atoms with van der Waals surface area (Å²) in [6.07, 6.45) is 5.35. The third-order valence-electron chi connectivity index (χ3n) is 3.24. The van der Waals surface area contributed by atoms with Crippen LogP contribution in [0.5, 0.6) is 0 Å². The van der Waals surface area contributed by atoms with Crippen molar-refractivity contribution in [3.8, 4) is 0 Å². The molecule has 0 amide bonds.